The lowest BCUT2D eigenvalue weighted by Crippen LogP contribution is -2.32. The SMILES string of the molecule is Cc1nc2cn(CCC(=O)O)c(O)c2c(-c2ccc(Cl)cc2Cl)c1CNC(=O)OC(C)(C)C. The number of rotatable bonds is 6. The number of nitrogens with zero attached hydrogens (tertiary/aromatic N) is 2. The molecule has 0 fully saturated rings. The molecule has 3 rings (SSSR count). The van der Waals surface area contributed by atoms with E-state index in [0.29, 0.717) is 43.3 Å². The molecule has 0 radical (unpaired) electrons. The van der Waals surface area contributed by atoms with Gasteiger partial charge < -0.3 is 24.8 Å². The van der Waals surface area contributed by atoms with Crippen molar-refractivity contribution < 1.29 is 24.5 Å². The van der Waals surface area contributed by atoms with Crippen LogP contribution >= 0.6 is 23.2 Å². The Labute approximate surface area is 201 Å². The summed E-state index contributed by atoms with van der Waals surface area (Å²) in [7, 11) is 0. The van der Waals surface area contributed by atoms with Gasteiger partial charge in [-0.15, -0.1) is 0 Å². The number of halogens is 2. The molecule has 0 unspecified atom stereocenters. The number of carbonyl (C=O) groups excluding carboxylic acids is 1. The molecule has 8 nitrogen and oxygen atoms in total. The maximum Gasteiger partial charge on any atom is 0.407 e. The second-order valence-corrected chi connectivity index (χ2v) is 9.42. The van der Waals surface area contributed by atoms with E-state index in [1.807, 2.05) is 0 Å². The number of aliphatic carboxylic acids is 1. The number of alkyl carbamates (subject to hydrolysis) is 1. The quantitative estimate of drug-likeness (QED) is 0.416. The summed E-state index contributed by atoms with van der Waals surface area (Å²) in [5.41, 5.74) is 2.20. The highest BCUT2D eigenvalue weighted by atomic mass is 35.5. The Balaban J connectivity index is 2.18. The van der Waals surface area contributed by atoms with Crippen molar-refractivity contribution in [1.82, 2.24) is 14.9 Å². The molecular formula is C23H25Cl2N3O5. The van der Waals surface area contributed by atoms with Crippen LogP contribution < -0.4 is 5.32 Å². The third-order valence-electron chi connectivity index (χ3n) is 4.88. The van der Waals surface area contributed by atoms with Crippen LogP contribution in [0.15, 0.2) is 24.4 Å². The highest BCUT2D eigenvalue weighted by molar-refractivity contribution is 6.36. The second-order valence-electron chi connectivity index (χ2n) is 8.58. The van der Waals surface area contributed by atoms with E-state index in [-0.39, 0.29) is 25.4 Å². The highest BCUT2D eigenvalue weighted by Crippen LogP contribution is 2.42. The minimum Gasteiger partial charge on any atom is -0.494 e. The number of nitrogens with one attached hydrogen (secondary N) is 1. The van der Waals surface area contributed by atoms with Crippen LogP contribution in [-0.2, 0) is 22.6 Å². The van der Waals surface area contributed by atoms with E-state index in [9.17, 15) is 14.7 Å². The molecule has 0 aliphatic heterocycles. The lowest BCUT2D eigenvalue weighted by molar-refractivity contribution is -0.137. The maximum absolute atomic E-state index is 12.3. The minimum absolute atomic E-state index is 0.0653. The first-order chi connectivity index (χ1) is 15.4. The molecule has 2 heterocycles. The van der Waals surface area contributed by atoms with E-state index in [4.69, 9.17) is 33.0 Å². The largest absolute Gasteiger partial charge is 0.494 e. The fourth-order valence-corrected chi connectivity index (χ4v) is 4.01. The normalized spacial score (nSPS) is 11.6. The van der Waals surface area contributed by atoms with Crippen molar-refractivity contribution in [2.45, 2.75) is 52.8 Å². The van der Waals surface area contributed by atoms with Crippen LogP contribution in [0.3, 0.4) is 0 Å². The summed E-state index contributed by atoms with van der Waals surface area (Å²) in [6.45, 7) is 7.21. The summed E-state index contributed by atoms with van der Waals surface area (Å²) in [6.07, 6.45) is 0.829. The molecule has 0 atom stereocenters. The van der Waals surface area contributed by atoms with Gasteiger partial charge in [-0.2, -0.15) is 0 Å². The van der Waals surface area contributed by atoms with E-state index in [1.54, 1.807) is 52.1 Å². The van der Waals surface area contributed by atoms with Crippen molar-refractivity contribution in [3.05, 3.63) is 45.7 Å². The summed E-state index contributed by atoms with van der Waals surface area (Å²) in [5, 5.41) is 23.9. The van der Waals surface area contributed by atoms with Crippen LogP contribution in [0.4, 0.5) is 4.79 Å². The molecule has 1 aromatic carbocycles. The van der Waals surface area contributed by atoms with Gasteiger partial charge in [0.2, 0.25) is 5.88 Å². The molecule has 0 saturated heterocycles. The van der Waals surface area contributed by atoms with E-state index in [2.05, 4.69) is 10.3 Å². The Kier molecular flexibility index (Phi) is 7.09. The van der Waals surface area contributed by atoms with E-state index < -0.39 is 17.7 Å². The smallest absolute Gasteiger partial charge is 0.407 e. The van der Waals surface area contributed by atoms with Gasteiger partial charge >= 0.3 is 12.1 Å². The number of hydrogen-bond donors (Lipinski definition) is 3. The van der Waals surface area contributed by atoms with Gasteiger partial charge in [0.1, 0.15) is 5.60 Å². The molecule has 1 amide bonds. The number of amides is 1. The fourth-order valence-electron chi connectivity index (χ4n) is 3.50. The van der Waals surface area contributed by atoms with Crippen molar-refractivity contribution in [1.29, 1.82) is 0 Å². The van der Waals surface area contributed by atoms with Crippen LogP contribution in [-0.4, -0.2) is 37.4 Å². The second kappa shape index (κ2) is 9.49. The third-order valence-corrected chi connectivity index (χ3v) is 5.43. The van der Waals surface area contributed by atoms with E-state index >= 15 is 0 Å². The van der Waals surface area contributed by atoms with Crippen molar-refractivity contribution >= 4 is 46.2 Å². The molecule has 33 heavy (non-hydrogen) atoms. The number of ether oxygens (including phenoxy) is 1. The molecular weight excluding hydrogens is 469 g/mol. The van der Waals surface area contributed by atoms with Crippen molar-refractivity contribution in [3.8, 4) is 17.0 Å². The summed E-state index contributed by atoms with van der Waals surface area (Å²) in [4.78, 5) is 27.9. The Morgan fingerprint density at radius 2 is 1.94 bits per heavy atom. The number of carboxylic acid groups (broad SMARTS) is 1. The zero-order chi connectivity index (χ0) is 24.5. The summed E-state index contributed by atoms with van der Waals surface area (Å²) < 4.78 is 6.77. The molecule has 0 bridgehead atoms. The number of carboxylic acids is 1. The lowest BCUT2D eigenvalue weighted by Gasteiger charge is -2.21. The van der Waals surface area contributed by atoms with Gasteiger partial charge in [0.25, 0.3) is 0 Å². The topological polar surface area (TPSA) is 114 Å². The number of hydrogen-bond acceptors (Lipinski definition) is 5. The summed E-state index contributed by atoms with van der Waals surface area (Å²) >= 11 is 12.6. The van der Waals surface area contributed by atoms with Gasteiger partial charge in [0.05, 0.1) is 17.3 Å². The minimum atomic E-state index is -0.987. The average molecular weight is 494 g/mol. The third kappa shape index (κ3) is 5.69. The van der Waals surface area contributed by atoms with Crippen LogP contribution in [0, 0.1) is 6.92 Å². The molecule has 3 aromatic rings. The van der Waals surface area contributed by atoms with Gasteiger partial charge in [-0.05, 0) is 39.8 Å². The first-order valence-electron chi connectivity index (χ1n) is 10.2. The van der Waals surface area contributed by atoms with Gasteiger partial charge in [0, 0.05) is 51.7 Å². The molecule has 10 heteroatoms. The number of aromatic nitrogens is 2. The van der Waals surface area contributed by atoms with Gasteiger partial charge in [-0.3, -0.25) is 9.78 Å². The number of benzene rings is 1. The molecule has 176 valence electrons. The van der Waals surface area contributed by atoms with Crippen molar-refractivity contribution in [2.75, 3.05) is 0 Å². The number of aromatic hydroxyl groups is 1. The predicted octanol–water partition coefficient (Wildman–Crippen LogP) is 5.52. The van der Waals surface area contributed by atoms with Crippen LogP contribution in [0.5, 0.6) is 5.88 Å². The maximum atomic E-state index is 12.3. The van der Waals surface area contributed by atoms with Crippen LogP contribution in [0.1, 0.15) is 38.4 Å². The first kappa shape index (κ1) is 24.7. The van der Waals surface area contributed by atoms with Crippen molar-refractivity contribution in [2.24, 2.45) is 0 Å². The van der Waals surface area contributed by atoms with Gasteiger partial charge in [-0.1, -0.05) is 29.3 Å². The lowest BCUT2D eigenvalue weighted by atomic mass is 9.95. The number of fused-ring (bicyclic) bond motifs is 1. The predicted molar refractivity (Wildman–Crippen MR) is 127 cm³/mol. The highest BCUT2D eigenvalue weighted by Gasteiger charge is 2.24. The van der Waals surface area contributed by atoms with Crippen molar-refractivity contribution in [3.63, 3.8) is 0 Å². The standard InChI is InChI=1S/C23H25Cl2N3O5/c1-12-15(10-26-22(32)33-23(2,3)4)19(14-6-5-13(24)9-16(14)25)20-17(27-12)11-28(21(20)31)8-7-18(29)30/h5-6,9,11,31H,7-8,10H2,1-4H3,(H,26,32)(H,29,30). The molecule has 3 N–H and O–H groups in total. The average Bonchev–Trinajstić information content (AvgIpc) is 2.98. The zero-order valence-corrected chi connectivity index (χ0v) is 20.2. The number of pyridine rings is 1. The molecule has 2 aromatic heterocycles. The summed E-state index contributed by atoms with van der Waals surface area (Å²) in [6, 6.07) is 4.99. The number of aryl methyl sites for hydroxylation is 2. The molecule has 0 spiro atoms. The molecule has 0 saturated carbocycles. The van der Waals surface area contributed by atoms with E-state index in [0.717, 1.165) is 0 Å². The van der Waals surface area contributed by atoms with Gasteiger partial charge in [0.15, 0.2) is 0 Å². The molecule has 0 aliphatic carbocycles. The Bertz CT molecular complexity index is 1230. The molecule has 0 aliphatic rings. The van der Waals surface area contributed by atoms with E-state index in [1.165, 1.54) is 4.57 Å². The van der Waals surface area contributed by atoms with Gasteiger partial charge in [-0.25, -0.2) is 4.79 Å². The van der Waals surface area contributed by atoms with Crippen LogP contribution in [0.2, 0.25) is 10.0 Å². The Morgan fingerprint density at radius 1 is 1.24 bits per heavy atom. The van der Waals surface area contributed by atoms with Crippen LogP contribution in [0.25, 0.3) is 22.0 Å². The summed E-state index contributed by atoms with van der Waals surface area (Å²) in [5.74, 6) is -1.13. The first-order valence-corrected chi connectivity index (χ1v) is 11.0. The Morgan fingerprint density at radius 3 is 2.55 bits per heavy atom. The number of carbonyl (C=O) groups is 2. The monoisotopic (exact) mass is 493 g/mol. The fraction of sp³-hybridized carbons (Fsp3) is 0.348. The Hall–Kier alpha value is -2.97. The zero-order valence-electron chi connectivity index (χ0n) is 18.7.